The van der Waals surface area contributed by atoms with Crippen LogP contribution in [-0.4, -0.2) is 38.8 Å². The van der Waals surface area contributed by atoms with Crippen LogP contribution in [0.5, 0.6) is 0 Å². The summed E-state index contributed by atoms with van der Waals surface area (Å²) in [6, 6.07) is 2.09. The lowest BCUT2D eigenvalue weighted by atomic mass is 9.87. The summed E-state index contributed by atoms with van der Waals surface area (Å²) in [6.45, 7) is 2.01. The zero-order valence-electron chi connectivity index (χ0n) is 17.1. The Morgan fingerprint density at radius 3 is 2.90 bits per heavy atom. The van der Waals surface area contributed by atoms with Crippen molar-refractivity contribution >= 4 is 11.7 Å². The van der Waals surface area contributed by atoms with Crippen LogP contribution in [-0.2, 0) is 17.6 Å². The predicted octanol–water partition coefficient (Wildman–Crippen LogP) is 3.11. The van der Waals surface area contributed by atoms with Crippen molar-refractivity contribution in [1.29, 1.82) is 0 Å². The summed E-state index contributed by atoms with van der Waals surface area (Å²) in [4.78, 5) is 17.1. The molecule has 6 nitrogen and oxygen atoms in total. The molecule has 2 aliphatic rings. The Morgan fingerprint density at radius 1 is 1.37 bits per heavy atom. The van der Waals surface area contributed by atoms with Crippen molar-refractivity contribution in [3.63, 3.8) is 0 Å². The van der Waals surface area contributed by atoms with E-state index in [1.807, 2.05) is 11.5 Å². The van der Waals surface area contributed by atoms with Gasteiger partial charge in [-0.1, -0.05) is 13.3 Å². The number of benzene rings is 1. The summed E-state index contributed by atoms with van der Waals surface area (Å²) in [5.74, 6) is -0.739. The van der Waals surface area contributed by atoms with Gasteiger partial charge in [0, 0.05) is 24.3 Å². The van der Waals surface area contributed by atoms with Crippen LogP contribution in [0, 0.1) is 11.6 Å². The van der Waals surface area contributed by atoms with Gasteiger partial charge in [0.2, 0.25) is 5.91 Å². The first-order chi connectivity index (χ1) is 14.4. The number of aliphatic hydroxyl groups excluding tert-OH is 1. The molecular weight excluding hydrogens is 390 g/mol. The first-order valence-electron chi connectivity index (χ1n) is 10.7. The number of hydrogen-bond donors (Lipinski definition) is 3. The molecule has 1 saturated carbocycles. The molecule has 3 N–H and O–H groups in total. The normalized spacial score (nSPS) is 24.1. The van der Waals surface area contributed by atoms with E-state index in [9.17, 15) is 18.7 Å². The summed E-state index contributed by atoms with van der Waals surface area (Å²) >= 11 is 0. The predicted molar refractivity (Wildman–Crippen MR) is 109 cm³/mol. The largest absolute Gasteiger partial charge is 0.393 e. The molecule has 0 saturated heterocycles. The summed E-state index contributed by atoms with van der Waals surface area (Å²) in [5.41, 5.74) is 1.26. The molecule has 2 atom stereocenters. The highest BCUT2D eigenvalue weighted by Crippen LogP contribution is 2.32. The molecule has 2 aliphatic carbocycles. The first-order valence-corrected chi connectivity index (χ1v) is 10.7. The van der Waals surface area contributed by atoms with Gasteiger partial charge in [-0.3, -0.25) is 4.79 Å². The number of nitrogens with zero attached hydrogens (tertiary/aromatic N) is 2. The van der Waals surface area contributed by atoms with E-state index in [0.29, 0.717) is 49.0 Å². The Morgan fingerprint density at radius 2 is 2.17 bits per heavy atom. The molecule has 2 unspecified atom stereocenters. The number of aromatic nitrogens is 2. The van der Waals surface area contributed by atoms with E-state index < -0.39 is 17.7 Å². The molecule has 30 heavy (non-hydrogen) atoms. The molecule has 0 spiro atoms. The number of aryl methyl sites for hydroxylation is 1. The molecule has 0 aliphatic heterocycles. The monoisotopic (exact) mass is 418 g/mol. The summed E-state index contributed by atoms with van der Waals surface area (Å²) in [7, 11) is 0. The highest BCUT2D eigenvalue weighted by Gasteiger charge is 2.30. The minimum atomic E-state index is -0.545. The standard InChI is InChI=1S/C22H28F2N4O2/c1-2-3-20(22(30)27-21-11-28(12-25-21)16-9-17(29)10-16)26-15-5-4-13-6-14(23)7-19(24)18(13)8-15/h6-7,11-12,15-17,20,26,29H,2-5,8-10H2,1H3,(H,27,30). The van der Waals surface area contributed by atoms with E-state index in [1.54, 1.807) is 12.5 Å². The second kappa shape index (κ2) is 8.81. The minimum Gasteiger partial charge on any atom is -0.393 e. The average molecular weight is 418 g/mol. The Bertz CT molecular complexity index is 911. The third-order valence-electron chi connectivity index (χ3n) is 6.16. The third-order valence-corrected chi connectivity index (χ3v) is 6.16. The van der Waals surface area contributed by atoms with Gasteiger partial charge >= 0.3 is 0 Å². The maximum absolute atomic E-state index is 14.2. The number of rotatable bonds is 7. The Hall–Kier alpha value is -2.32. The molecule has 162 valence electrons. The highest BCUT2D eigenvalue weighted by molar-refractivity contribution is 5.94. The molecule has 4 rings (SSSR count). The number of carbonyl (C=O) groups excluding carboxylic acids is 1. The maximum atomic E-state index is 14.2. The smallest absolute Gasteiger partial charge is 0.242 e. The van der Waals surface area contributed by atoms with Gasteiger partial charge in [0.15, 0.2) is 5.82 Å². The van der Waals surface area contributed by atoms with Crippen molar-refractivity contribution in [2.45, 2.75) is 76.1 Å². The lowest BCUT2D eigenvalue weighted by Crippen LogP contribution is -2.48. The number of carbonyl (C=O) groups is 1. The zero-order valence-corrected chi connectivity index (χ0v) is 17.1. The number of amides is 1. The van der Waals surface area contributed by atoms with Gasteiger partial charge in [-0.25, -0.2) is 13.8 Å². The van der Waals surface area contributed by atoms with E-state index in [2.05, 4.69) is 15.6 Å². The average Bonchev–Trinajstić information content (AvgIpc) is 3.13. The number of fused-ring (bicyclic) bond motifs is 1. The number of nitrogens with one attached hydrogen (secondary N) is 2. The van der Waals surface area contributed by atoms with Crippen LogP contribution in [0.4, 0.5) is 14.6 Å². The Kier molecular flexibility index (Phi) is 6.15. The van der Waals surface area contributed by atoms with Gasteiger partial charge in [0.25, 0.3) is 0 Å². The minimum absolute atomic E-state index is 0.0474. The van der Waals surface area contributed by atoms with Crippen LogP contribution in [0.25, 0.3) is 0 Å². The van der Waals surface area contributed by atoms with E-state index in [4.69, 9.17) is 0 Å². The second-order valence-corrected chi connectivity index (χ2v) is 8.45. The van der Waals surface area contributed by atoms with Gasteiger partial charge in [-0.05, 0) is 55.7 Å². The fraction of sp³-hybridized carbons (Fsp3) is 0.545. The van der Waals surface area contributed by atoms with Gasteiger partial charge < -0.3 is 20.3 Å². The molecule has 1 aromatic carbocycles. The van der Waals surface area contributed by atoms with Crippen molar-refractivity contribution in [2.24, 2.45) is 0 Å². The van der Waals surface area contributed by atoms with Crippen molar-refractivity contribution in [3.8, 4) is 0 Å². The summed E-state index contributed by atoms with van der Waals surface area (Å²) in [5, 5.41) is 15.7. The Labute approximate surface area is 174 Å². The number of imidazole rings is 1. The van der Waals surface area contributed by atoms with Crippen LogP contribution in [0.3, 0.4) is 0 Å². The fourth-order valence-electron chi connectivity index (χ4n) is 4.41. The first kappa shape index (κ1) is 20.9. The molecule has 1 amide bonds. The maximum Gasteiger partial charge on any atom is 0.242 e. The lowest BCUT2D eigenvalue weighted by molar-refractivity contribution is -0.118. The van der Waals surface area contributed by atoms with Crippen LogP contribution < -0.4 is 10.6 Å². The highest BCUT2D eigenvalue weighted by atomic mass is 19.1. The molecular formula is C22H28F2N4O2. The molecule has 0 bridgehead atoms. The molecule has 1 aromatic heterocycles. The van der Waals surface area contributed by atoms with Gasteiger partial charge in [-0.2, -0.15) is 0 Å². The SMILES string of the molecule is CCCC(NC1CCc2cc(F)cc(F)c2C1)C(=O)Nc1cn(C2CC(O)C2)cn1. The van der Waals surface area contributed by atoms with Crippen LogP contribution >= 0.6 is 0 Å². The molecule has 1 heterocycles. The van der Waals surface area contributed by atoms with Crippen LogP contribution in [0.1, 0.15) is 56.2 Å². The van der Waals surface area contributed by atoms with Gasteiger partial charge in [-0.15, -0.1) is 0 Å². The quantitative estimate of drug-likeness (QED) is 0.646. The topological polar surface area (TPSA) is 79.2 Å². The van der Waals surface area contributed by atoms with Gasteiger partial charge in [0.1, 0.15) is 11.6 Å². The number of hydrogen-bond acceptors (Lipinski definition) is 4. The molecule has 1 fully saturated rings. The van der Waals surface area contributed by atoms with Crippen molar-refractivity contribution in [2.75, 3.05) is 5.32 Å². The van der Waals surface area contributed by atoms with Crippen molar-refractivity contribution < 1.29 is 18.7 Å². The number of anilines is 1. The summed E-state index contributed by atoms with van der Waals surface area (Å²) in [6.07, 6.45) is 7.83. The summed E-state index contributed by atoms with van der Waals surface area (Å²) < 4.78 is 29.6. The van der Waals surface area contributed by atoms with E-state index in [-0.39, 0.29) is 24.1 Å². The van der Waals surface area contributed by atoms with Gasteiger partial charge in [0.05, 0.1) is 18.5 Å². The lowest BCUT2D eigenvalue weighted by Gasteiger charge is -2.32. The molecule has 0 radical (unpaired) electrons. The third kappa shape index (κ3) is 4.54. The van der Waals surface area contributed by atoms with E-state index >= 15 is 0 Å². The van der Waals surface area contributed by atoms with E-state index in [0.717, 1.165) is 18.9 Å². The van der Waals surface area contributed by atoms with Crippen molar-refractivity contribution in [1.82, 2.24) is 14.9 Å². The molecule has 8 heteroatoms. The fourth-order valence-corrected chi connectivity index (χ4v) is 4.41. The number of halogens is 2. The number of aliphatic hydroxyl groups is 1. The zero-order chi connectivity index (χ0) is 21.3. The van der Waals surface area contributed by atoms with Crippen molar-refractivity contribution in [3.05, 3.63) is 47.4 Å². The molecule has 2 aromatic rings. The second-order valence-electron chi connectivity index (χ2n) is 8.45. The van der Waals surface area contributed by atoms with E-state index in [1.165, 1.54) is 6.07 Å². The van der Waals surface area contributed by atoms with Crippen LogP contribution in [0.15, 0.2) is 24.7 Å². The Balaban J connectivity index is 1.38. The van der Waals surface area contributed by atoms with Crippen LogP contribution in [0.2, 0.25) is 0 Å².